The van der Waals surface area contributed by atoms with Gasteiger partial charge in [-0.2, -0.15) is 5.26 Å². The van der Waals surface area contributed by atoms with Gasteiger partial charge < -0.3 is 15.0 Å². The Morgan fingerprint density at radius 3 is 2.38 bits per heavy atom. The van der Waals surface area contributed by atoms with E-state index in [1.807, 2.05) is 6.92 Å². The molecule has 2 amide bonds. The molecule has 1 saturated heterocycles. The van der Waals surface area contributed by atoms with Gasteiger partial charge in [0, 0.05) is 6.04 Å². The maximum atomic E-state index is 13.1. The van der Waals surface area contributed by atoms with Crippen LogP contribution in [0.1, 0.15) is 66.2 Å². The van der Waals surface area contributed by atoms with Crippen LogP contribution in [0.3, 0.4) is 0 Å². The summed E-state index contributed by atoms with van der Waals surface area (Å²) < 4.78 is 5.33. The van der Waals surface area contributed by atoms with Crippen LogP contribution in [-0.4, -0.2) is 40.6 Å². The third-order valence-corrected chi connectivity index (χ3v) is 4.88. The number of likely N-dealkylation sites (tertiary alicyclic amines) is 1. The molecule has 0 unspecified atom stereocenters. The molecule has 0 aromatic rings. The van der Waals surface area contributed by atoms with E-state index in [-0.39, 0.29) is 17.9 Å². The topological polar surface area (TPSA) is 82.4 Å². The highest BCUT2D eigenvalue weighted by molar-refractivity contribution is 5.87. The highest BCUT2D eigenvalue weighted by atomic mass is 16.6. The van der Waals surface area contributed by atoms with Gasteiger partial charge in [0.1, 0.15) is 17.7 Å². The van der Waals surface area contributed by atoms with Crippen molar-refractivity contribution in [3.8, 4) is 6.07 Å². The van der Waals surface area contributed by atoms with E-state index in [0.717, 1.165) is 32.1 Å². The molecule has 1 N–H and O–H groups in total. The fourth-order valence-electron chi connectivity index (χ4n) is 3.75. The number of carbonyl (C=O) groups is 2. The van der Waals surface area contributed by atoms with Crippen LogP contribution < -0.4 is 5.32 Å². The highest BCUT2D eigenvalue weighted by Crippen LogP contribution is 2.32. The Kier molecular flexibility index (Phi) is 5.74. The van der Waals surface area contributed by atoms with Crippen LogP contribution in [0.2, 0.25) is 0 Å². The molecule has 0 radical (unpaired) electrons. The second kappa shape index (κ2) is 7.42. The zero-order valence-corrected chi connectivity index (χ0v) is 15.2. The maximum absolute atomic E-state index is 13.1. The summed E-state index contributed by atoms with van der Waals surface area (Å²) in [5, 5.41) is 12.1. The summed E-state index contributed by atoms with van der Waals surface area (Å²) in [6, 6.07) is 1.27. The zero-order chi connectivity index (χ0) is 17.9. The van der Waals surface area contributed by atoms with E-state index in [0.29, 0.717) is 6.42 Å². The number of nitrogens with zero attached hydrogens (tertiary/aromatic N) is 2. The Hall–Kier alpha value is -1.77. The van der Waals surface area contributed by atoms with Crippen molar-refractivity contribution in [2.24, 2.45) is 5.92 Å². The van der Waals surface area contributed by atoms with E-state index in [2.05, 4.69) is 11.4 Å². The molecule has 3 atom stereocenters. The Balaban J connectivity index is 2.15. The standard InChI is InChI=1S/C18H29N3O3/c1-12-9-10-14(11-19)21(12)16(22)15(13-7-5-6-8-13)20-17(23)24-18(2,3)4/h12-15H,5-10H2,1-4H3,(H,20,23)/t12-,14-,15-/m0/s1. The van der Waals surface area contributed by atoms with Crippen molar-refractivity contribution in [3.05, 3.63) is 0 Å². The van der Waals surface area contributed by atoms with Gasteiger partial charge in [0.2, 0.25) is 5.91 Å². The Morgan fingerprint density at radius 2 is 1.83 bits per heavy atom. The molecule has 6 nitrogen and oxygen atoms in total. The molecule has 0 aromatic heterocycles. The minimum Gasteiger partial charge on any atom is -0.444 e. The molecule has 2 rings (SSSR count). The third kappa shape index (κ3) is 4.40. The lowest BCUT2D eigenvalue weighted by Gasteiger charge is -2.33. The average molecular weight is 335 g/mol. The van der Waals surface area contributed by atoms with Gasteiger partial charge >= 0.3 is 6.09 Å². The Morgan fingerprint density at radius 1 is 1.21 bits per heavy atom. The van der Waals surface area contributed by atoms with Crippen LogP contribution in [0.5, 0.6) is 0 Å². The van der Waals surface area contributed by atoms with Gasteiger partial charge in [0.15, 0.2) is 0 Å². The average Bonchev–Trinajstić information content (AvgIpc) is 3.11. The summed E-state index contributed by atoms with van der Waals surface area (Å²) in [7, 11) is 0. The fraction of sp³-hybridized carbons (Fsp3) is 0.833. The van der Waals surface area contributed by atoms with Gasteiger partial charge in [-0.15, -0.1) is 0 Å². The number of carbonyl (C=O) groups excluding carboxylic acids is 2. The fourth-order valence-corrected chi connectivity index (χ4v) is 3.75. The van der Waals surface area contributed by atoms with Gasteiger partial charge in [0.25, 0.3) is 0 Å². The minimum atomic E-state index is -0.608. The number of nitriles is 1. The molecular formula is C18H29N3O3. The minimum absolute atomic E-state index is 0.0338. The monoisotopic (exact) mass is 335 g/mol. The van der Waals surface area contributed by atoms with Crippen LogP contribution in [-0.2, 0) is 9.53 Å². The molecule has 1 aliphatic carbocycles. The molecule has 2 aliphatic rings. The lowest BCUT2D eigenvalue weighted by atomic mass is 9.96. The third-order valence-electron chi connectivity index (χ3n) is 4.88. The Labute approximate surface area is 144 Å². The number of hydrogen-bond donors (Lipinski definition) is 1. The molecule has 24 heavy (non-hydrogen) atoms. The first-order chi connectivity index (χ1) is 11.2. The van der Waals surface area contributed by atoms with E-state index in [1.165, 1.54) is 0 Å². The first-order valence-corrected chi connectivity index (χ1v) is 8.94. The SMILES string of the molecule is C[C@H]1CC[C@@H](C#N)N1C(=O)[C@@H](NC(=O)OC(C)(C)C)C1CCCC1. The molecule has 1 saturated carbocycles. The normalized spacial score (nSPS) is 26.0. The molecule has 6 heteroatoms. The zero-order valence-electron chi connectivity index (χ0n) is 15.2. The van der Waals surface area contributed by atoms with E-state index in [4.69, 9.17) is 4.74 Å². The van der Waals surface area contributed by atoms with Crippen LogP contribution in [0, 0.1) is 17.2 Å². The van der Waals surface area contributed by atoms with E-state index in [1.54, 1.807) is 25.7 Å². The molecule has 0 spiro atoms. The predicted molar refractivity (Wildman–Crippen MR) is 90.1 cm³/mol. The van der Waals surface area contributed by atoms with Gasteiger partial charge in [-0.1, -0.05) is 12.8 Å². The summed E-state index contributed by atoms with van der Waals surface area (Å²) in [6.45, 7) is 7.36. The van der Waals surface area contributed by atoms with Gasteiger partial charge in [0.05, 0.1) is 6.07 Å². The predicted octanol–water partition coefficient (Wildman–Crippen LogP) is 2.97. The van der Waals surface area contributed by atoms with Crippen molar-refractivity contribution in [3.63, 3.8) is 0 Å². The maximum Gasteiger partial charge on any atom is 0.408 e. The molecular weight excluding hydrogens is 306 g/mol. The first kappa shape index (κ1) is 18.6. The molecule has 134 valence electrons. The summed E-state index contributed by atoms with van der Waals surface area (Å²) in [5.41, 5.74) is -0.608. The number of nitrogens with one attached hydrogen (secondary N) is 1. The van der Waals surface area contributed by atoms with E-state index >= 15 is 0 Å². The lowest BCUT2D eigenvalue weighted by Crippen LogP contribution is -2.55. The summed E-state index contributed by atoms with van der Waals surface area (Å²) in [4.78, 5) is 27.0. The number of ether oxygens (including phenoxy) is 1. The van der Waals surface area contributed by atoms with Crippen molar-refractivity contribution in [1.29, 1.82) is 5.26 Å². The van der Waals surface area contributed by atoms with Crippen molar-refractivity contribution in [2.45, 2.75) is 89.9 Å². The Bertz CT molecular complexity index is 515. The van der Waals surface area contributed by atoms with Crippen molar-refractivity contribution >= 4 is 12.0 Å². The van der Waals surface area contributed by atoms with E-state index in [9.17, 15) is 14.9 Å². The number of rotatable bonds is 3. The quantitative estimate of drug-likeness (QED) is 0.859. The van der Waals surface area contributed by atoms with Crippen LogP contribution in [0.15, 0.2) is 0 Å². The second-order valence-electron chi connectivity index (χ2n) is 7.99. The van der Waals surface area contributed by atoms with Crippen molar-refractivity contribution in [2.75, 3.05) is 0 Å². The number of amides is 2. The summed E-state index contributed by atoms with van der Waals surface area (Å²) >= 11 is 0. The van der Waals surface area contributed by atoms with Crippen molar-refractivity contribution < 1.29 is 14.3 Å². The molecule has 0 aromatic carbocycles. The second-order valence-corrected chi connectivity index (χ2v) is 7.99. The highest BCUT2D eigenvalue weighted by Gasteiger charge is 2.42. The lowest BCUT2D eigenvalue weighted by molar-refractivity contribution is -0.136. The van der Waals surface area contributed by atoms with Crippen LogP contribution >= 0.6 is 0 Å². The van der Waals surface area contributed by atoms with Crippen LogP contribution in [0.25, 0.3) is 0 Å². The van der Waals surface area contributed by atoms with Crippen LogP contribution in [0.4, 0.5) is 4.79 Å². The summed E-state index contributed by atoms with van der Waals surface area (Å²) in [5.74, 6) is -0.0125. The smallest absolute Gasteiger partial charge is 0.408 e. The summed E-state index contributed by atoms with van der Waals surface area (Å²) in [6.07, 6.45) is 4.95. The number of alkyl carbamates (subject to hydrolysis) is 1. The van der Waals surface area contributed by atoms with Gasteiger partial charge in [-0.3, -0.25) is 4.79 Å². The largest absolute Gasteiger partial charge is 0.444 e. The van der Waals surface area contributed by atoms with Crippen molar-refractivity contribution in [1.82, 2.24) is 10.2 Å². The van der Waals surface area contributed by atoms with Gasteiger partial charge in [-0.25, -0.2) is 4.79 Å². The van der Waals surface area contributed by atoms with E-state index < -0.39 is 23.8 Å². The first-order valence-electron chi connectivity index (χ1n) is 8.94. The molecule has 1 heterocycles. The molecule has 0 bridgehead atoms. The van der Waals surface area contributed by atoms with Gasteiger partial charge in [-0.05, 0) is 59.3 Å². The molecule has 2 fully saturated rings. The number of hydrogen-bond acceptors (Lipinski definition) is 4. The molecule has 1 aliphatic heterocycles.